The molecule has 0 aliphatic heterocycles. The van der Waals surface area contributed by atoms with Gasteiger partial charge in [-0.2, -0.15) is 0 Å². The van der Waals surface area contributed by atoms with E-state index in [1.54, 1.807) is 41.3 Å². The van der Waals surface area contributed by atoms with Crippen molar-refractivity contribution >= 4 is 48.3 Å². The van der Waals surface area contributed by atoms with Gasteiger partial charge in [-0.3, -0.25) is 14.0 Å². The lowest BCUT2D eigenvalue weighted by molar-refractivity contribution is 0.0986. The van der Waals surface area contributed by atoms with E-state index in [4.69, 9.17) is 4.98 Å². The average molecular weight is 537 g/mol. The molecule has 0 bridgehead atoms. The first-order valence-corrected chi connectivity index (χ1v) is 14.3. The van der Waals surface area contributed by atoms with Gasteiger partial charge in [-0.25, -0.2) is 13.4 Å². The fourth-order valence-electron chi connectivity index (χ4n) is 4.16. The van der Waals surface area contributed by atoms with Gasteiger partial charge in [-0.05, 0) is 94.5 Å². The summed E-state index contributed by atoms with van der Waals surface area (Å²) >= 11 is 1.50. The van der Waals surface area contributed by atoms with Gasteiger partial charge >= 0.3 is 0 Å². The lowest BCUT2D eigenvalue weighted by atomic mass is 10.1. The highest BCUT2D eigenvalue weighted by molar-refractivity contribution is 7.92. The van der Waals surface area contributed by atoms with Crippen LogP contribution in [0.1, 0.15) is 27.9 Å². The van der Waals surface area contributed by atoms with Crippen LogP contribution >= 0.6 is 11.3 Å². The number of nitrogens with zero attached hydrogens (tertiary/aromatic N) is 4. The van der Waals surface area contributed by atoms with Crippen molar-refractivity contribution in [2.45, 2.75) is 25.2 Å². The number of benzene rings is 3. The number of rotatable bonds is 9. The third-order valence-corrected chi connectivity index (χ3v) is 8.99. The molecule has 1 amide bonds. The fourth-order valence-corrected chi connectivity index (χ4v) is 6.53. The molecular formula is C28H32N4O3S2. The molecule has 0 atom stereocenters. The van der Waals surface area contributed by atoms with Crippen LogP contribution in [0.2, 0.25) is 0 Å². The quantitative estimate of drug-likeness (QED) is 0.289. The van der Waals surface area contributed by atoms with Crippen molar-refractivity contribution in [1.82, 2.24) is 9.88 Å². The highest BCUT2D eigenvalue weighted by Gasteiger charge is 2.24. The molecule has 1 heterocycles. The van der Waals surface area contributed by atoms with Crippen LogP contribution in [0.15, 0.2) is 71.6 Å². The van der Waals surface area contributed by atoms with Crippen LogP contribution in [0.5, 0.6) is 0 Å². The van der Waals surface area contributed by atoms with Gasteiger partial charge in [-0.1, -0.05) is 35.6 Å². The Labute approximate surface area is 223 Å². The normalized spacial score (nSPS) is 11.7. The van der Waals surface area contributed by atoms with E-state index >= 15 is 0 Å². The van der Waals surface area contributed by atoms with E-state index in [2.05, 4.69) is 24.0 Å². The van der Waals surface area contributed by atoms with Gasteiger partial charge in [0.25, 0.3) is 15.9 Å². The molecule has 0 unspecified atom stereocenters. The van der Waals surface area contributed by atoms with Gasteiger partial charge < -0.3 is 4.90 Å². The number of carbonyl (C=O) groups is 1. The number of fused-ring (bicyclic) bond motifs is 1. The topological polar surface area (TPSA) is 73.8 Å². The highest BCUT2D eigenvalue weighted by Crippen LogP contribution is 2.33. The summed E-state index contributed by atoms with van der Waals surface area (Å²) in [5, 5.41) is 0.646. The van der Waals surface area contributed by atoms with Crippen LogP contribution in [0.3, 0.4) is 0 Å². The Bertz CT molecular complexity index is 1500. The summed E-state index contributed by atoms with van der Waals surface area (Å²) in [6, 6.07) is 19.2. The number of aromatic nitrogens is 1. The largest absolute Gasteiger partial charge is 0.309 e. The molecule has 0 N–H and O–H groups in total. The third kappa shape index (κ3) is 5.84. The van der Waals surface area contributed by atoms with Gasteiger partial charge in [0.05, 0.1) is 20.8 Å². The molecule has 0 saturated heterocycles. The van der Waals surface area contributed by atoms with Gasteiger partial charge in [0, 0.05) is 19.2 Å². The summed E-state index contributed by atoms with van der Waals surface area (Å²) in [7, 11) is 1.76. The molecule has 194 valence electrons. The summed E-state index contributed by atoms with van der Waals surface area (Å²) in [6.45, 7) is 5.42. The second-order valence-electron chi connectivity index (χ2n) is 9.37. The van der Waals surface area contributed by atoms with Gasteiger partial charge in [0.2, 0.25) is 0 Å². The number of thiazole rings is 1. The number of amides is 1. The zero-order valence-corrected chi connectivity index (χ0v) is 23.4. The second kappa shape index (κ2) is 11.0. The molecule has 4 aromatic rings. The van der Waals surface area contributed by atoms with Crippen LogP contribution in [0.25, 0.3) is 10.2 Å². The smallest absolute Gasteiger partial charge is 0.264 e. The number of sulfonamides is 1. The summed E-state index contributed by atoms with van der Waals surface area (Å²) in [4.78, 5) is 22.4. The average Bonchev–Trinajstić information content (AvgIpc) is 3.30. The van der Waals surface area contributed by atoms with Crippen LogP contribution in [-0.4, -0.2) is 58.4 Å². The predicted molar refractivity (Wildman–Crippen MR) is 152 cm³/mol. The molecule has 3 aromatic carbocycles. The molecule has 37 heavy (non-hydrogen) atoms. The SMILES string of the molecule is Cc1cc(C)c2nc(N(CCCN(C)C)C(=O)c3ccc(S(=O)(=O)N(C)c4ccccc4)cc3)sc2c1. The highest BCUT2D eigenvalue weighted by atomic mass is 32.2. The Balaban J connectivity index is 1.64. The summed E-state index contributed by atoms with van der Waals surface area (Å²) in [5.41, 5.74) is 4.12. The monoisotopic (exact) mass is 536 g/mol. The Morgan fingerprint density at radius 3 is 2.24 bits per heavy atom. The fraction of sp³-hybridized carbons (Fsp3) is 0.286. The van der Waals surface area contributed by atoms with Crippen LogP contribution in [0, 0.1) is 13.8 Å². The Morgan fingerprint density at radius 2 is 1.59 bits per heavy atom. The number of hydrogen-bond acceptors (Lipinski definition) is 6. The first-order valence-electron chi connectivity index (χ1n) is 12.1. The lowest BCUT2D eigenvalue weighted by Gasteiger charge is -2.22. The third-order valence-electron chi connectivity index (χ3n) is 6.16. The first kappa shape index (κ1) is 26.8. The van der Waals surface area contributed by atoms with Gasteiger partial charge in [0.15, 0.2) is 5.13 Å². The molecule has 1 aromatic heterocycles. The van der Waals surface area contributed by atoms with Gasteiger partial charge in [0.1, 0.15) is 0 Å². The van der Waals surface area contributed by atoms with Crippen molar-refractivity contribution in [3.05, 3.63) is 83.4 Å². The Kier molecular flexibility index (Phi) is 7.96. The maximum absolute atomic E-state index is 13.7. The summed E-state index contributed by atoms with van der Waals surface area (Å²) in [6.07, 6.45) is 0.779. The number of anilines is 2. The van der Waals surface area contributed by atoms with Crippen molar-refractivity contribution in [1.29, 1.82) is 0 Å². The van der Waals surface area contributed by atoms with Crippen molar-refractivity contribution in [2.24, 2.45) is 0 Å². The van der Waals surface area contributed by atoms with Gasteiger partial charge in [-0.15, -0.1) is 0 Å². The van der Waals surface area contributed by atoms with E-state index in [1.165, 1.54) is 34.8 Å². The zero-order valence-electron chi connectivity index (χ0n) is 21.8. The maximum Gasteiger partial charge on any atom is 0.264 e. The number of hydrogen-bond donors (Lipinski definition) is 0. The molecule has 0 radical (unpaired) electrons. The lowest BCUT2D eigenvalue weighted by Crippen LogP contribution is -2.33. The number of carbonyl (C=O) groups excluding carboxylic acids is 1. The molecule has 0 fully saturated rings. The van der Waals surface area contributed by atoms with Crippen molar-refractivity contribution < 1.29 is 13.2 Å². The minimum absolute atomic E-state index is 0.126. The number of para-hydroxylation sites is 1. The van der Waals surface area contributed by atoms with Crippen molar-refractivity contribution in [3.63, 3.8) is 0 Å². The van der Waals surface area contributed by atoms with Crippen LogP contribution in [0.4, 0.5) is 10.8 Å². The summed E-state index contributed by atoms with van der Waals surface area (Å²) < 4.78 is 28.6. The van der Waals surface area contributed by atoms with Crippen LogP contribution in [-0.2, 0) is 10.0 Å². The van der Waals surface area contributed by atoms with Crippen molar-refractivity contribution in [3.8, 4) is 0 Å². The minimum Gasteiger partial charge on any atom is -0.309 e. The number of aryl methyl sites for hydroxylation is 2. The van der Waals surface area contributed by atoms with Crippen molar-refractivity contribution in [2.75, 3.05) is 43.4 Å². The second-order valence-corrected chi connectivity index (χ2v) is 12.3. The molecule has 7 nitrogen and oxygen atoms in total. The first-order chi connectivity index (χ1) is 17.6. The van der Waals surface area contributed by atoms with E-state index in [1.807, 2.05) is 27.1 Å². The molecule has 0 aliphatic carbocycles. The predicted octanol–water partition coefficient (Wildman–Crippen LogP) is 5.34. The zero-order chi connectivity index (χ0) is 26.7. The maximum atomic E-state index is 13.7. The standard InChI is InChI=1S/C28H32N4O3S2/c1-20-18-21(2)26-25(19-20)36-28(29-26)32(17-9-16-30(3)4)27(33)22-12-14-24(15-13-22)37(34,35)31(5)23-10-7-6-8-11-23/h6-8,10-15,18-19H,9,16-17H2,1-5H3. The molecule has 9 heteroatoms. The molecule has 0 aliphatic rings. The van der Waals surface area contributed by atoms with E-state index in [9.17, 15) is 13.2 Å². The Morgan fingerprint density at radius 1 is 0.919 bits per heavy atom. The van der Waals surface area contributed by atoms with E-state index in [-0.39, 0.29) is 10.8 Å². The minimum atomic E-state index is -3.76. The Hall–Kier alpha value is -3.27. The molecule has 4 rings (SSSR count). The van der Waals surface area contributed by atoms with Crippen LogP contribution < -0.4 is 9.21 Å². The summed E-state index contributed by atoms with van der Waals surface area (Å²) in [5.74, 6) is -0.201. The van der Waals surface area contributed by atoms with E-state index in [0.29, 0.717) is 22.9 Å². The van der Waals surface area contributed by atoms with E-state index < -0.39 is 10.0 Å². The van der Waals surface area contributed by atoms with E-state index in [0.717, 1.165) is 34.3 Å². The molecular weight excluding hydrogens is 504 g/mol. The molecule has 0 saturated carbocycles. The molecule has 0 spiro atoms.